The van der Waals surface area contributed by atoms with E-state index in [4.69, 9.17) is 9.47 Å². The van der Waals surface area contributed by atoms with Gasteiger partial charge in [0.15, 0.2) is 4.90 Å². The summed E-state index contributed by atoms with van der Waals surface area (Å²) in [4.78, 5) is 10.2. The van der Waals surface area contributed by atoms with E-state index in [-0.39, 0.29) is 23.9 Å². The molecule has 1 fully saturated rings. The summed E-state index contributed by atoms with van der Waals surface area (Å²) < 4.78 is 37.7. The third kappa shape index (κ3) is 4.14. The zero-order valence-electron chi connectivity index (χ0n) is 14.5. The highest BCUT2D eigenvalue weighted by Gasteiger charge is 2.35. The van der Waals surface area contributed by atoms with Crippen molar-refractivity contribution in [2.45, 2.75) is 23.8 Å². The fraction of sp³-hybridized carbons (Fsp3) is 0.375. The molecule has 1 unspecified atom stereocenters. The molecule has 0 aliphatic carbocycles. The summed E-state index contributed by atoms with van der Waals surface area (Å²) in [5.41, 5.74) is -0.443. The molecule has 1 aliphatic heterocycles. The molecular formula is C16H18N4O6S. The van der Waals surface area contributed by atoms with Crippen molar-refractivity contribution < 1.29 is 22.8 Å². The van der Waals surface area contributed by atoms with Crippen molar-refractivity contribution in [1.82, 2.24) is 14.5 Å². The first-order chi connectivity index (χ1) is 12.9. The Hall–Kier alpha value is -2.79. The van der Waals surface area contributed by atoms with Crippen molar-refractivity contribution in [2.75, 3.05) is 20.2 Å². The van der Waals surface area contributed by atoms with Gasteiger partial charge in [-0.2, -0.15) is 4.31 Å². The highest BCUT2D eigenvalue weighted by Crippen LogP contribution is 2.29. The number of hydrogen-bond donors (Lipinski definition) is 0. The third-order valence-corrected chi connectivity index (χ3v) is 6.05. The van der Waals surface area contributed by atoms with Crippen LogP contribution in [0, 0.1) is 10.1 Å². The van der Waals surface area contributed by atoms with Crippen LogP contribution in [0.25, 0.3) is 0 Å². The lowest BCUT2D eigenvalue weighted by Crippen LogP contribution is -2.44. The van der Waals surface area contributed by atoms with E-state index in [1.165, 1.54) is 35.7 Å². The summed E-state index contributed by atoms with van der Waals surface area (Å²) in [5, 5.41) is 18.9. The van der Waals surface area contributed by atoms with Gasteiger partial charge in [0.2, 0.25) is 21.8 Å². The van der Waals surface area contributed by atoms with Gasteiger partial charge in [-0.25, -0.2) is 8.42 Å². The molecule has 0 spiro atoms. The molecule has 0 radical (unpaired) electrons. The van der Waals surface area contributed by atoms with Crippen molar-refractivity contribution >= 4 is 15.7 Å². The van der Waals surface area contributed by atoms with Crippen LogP contribution in [0.5, 0.6) is 11.8 Å². The number of nitro groups is 1. The molecule has 2 aromatic rings. The van der Waals surface area contributed by atoms with Crippen LogP contribution in [0.3, 0.4) is 0 Å². The number of hydrogen-bond acceptors (Lipinski definition) is 8. The first-order valence-electron chi connectivity index (χ1n) is 8.20. The number of nitro benzene ring substituents is 1. The number of nitrogens with zero attached hydrogens (tertiary/aromatic N) is 4. The first-order valence-corrected chi connectivity index (χ1v) is 9.64. The molecule has 0 saturated carbocycles. The Bertz CT molecular complexity index is 919. The number of ether oxygens (including phenoxy) is 2. The Morgan fingerprint density at radius 2 is 1.89 bits per heavy atom. The van der Waals surface area contributed by atoms with Gasteiger partial charge in [-0.05, 0) is 18.9 Å². The van der Waals surface area contributed by atoms with E-state index in [1.54, 1.807) is 12.1 Å². The molecule has 0 amide bonds. The number of benzene rings is 1. The van der Waals surface area contributed by atoms with E-state index in [1.807, 2.05) is 0 Å². The van der Waals surface area contributed by atoms with E-state index >= 15 is 0 Å². The van der Waals surface area contributed by atoms with Crippen LogP contribution in [0.4, 0.5) is 5.69 Å². The maximum absolute atomic E-state index is 12.9. The second kappa shape index (κ2) is 7.84. The van der Waals surface area contributed by atoms with Crippen LogP contribution in [0.2, 0.25) is 0 Å². The molecule has 1 atom stereocenters. The number of piperidine rings is 1. The Balaban J connectivity index is 1.78. The number of sulfonamides is 1. The quantitative estimate of drug-likeness (QED) is 0.535. The molecule has 1 aliphatic rings. The zero-order valence-corrected chi connectivity index (χ0v) is 15.3. The minimum atomic E-state index is -4.02. The van der Waals surface area contributed by atoms with Crippen LogP contribution in [0.15, 0.2) is 41.3 Å². The number of para-hydroxylation sites is 1. The maximum atomic E-state index is 12.9. The van der Waals surface area contributed by atoms with Gasteiger partial charge in [0.1, 0.15) is 6.10 Å². The van der Waals surface area contributed by atoms with Crippen LogP contribution < -0.4 is 9.47 Å². The van der Waals surface area contributed by atoms with Crippen molar-refractivity contribution in [3.8, 4) is 11.8 Å². The molecular weight excluding hydrogens is 376 g/mol. The second-order valence-corrected chi connectivity index (χ2v) is 7.79. The van der Waals surface area contributed by atoms with Crippen LogP contribution in [0.1, 0.15) is 12.8 Å². The van der Waals surface area contributed by atoms with E-state index in [2.05, 4.69) is 10.2 Å². The fourth-order valence-corrected chi connectivity index (χ4v) is 4.50. The second-order valence-electron chi connectivity index (χ2n) is 5.88. The largest absolute Gasteiger partial charge is 0.480 e. The fourth-order valence-electron chi connectivity index (χ4n) is 2.84. The Labute approximate surface area is 155 Å². The average molecular weight is 394 g/mol. The monoisotopic (exact) mass is 394 g/mol. The first kappa shape index (κ1) is 19.0. The molecule has 1 aromatic carbocycles. The van der Waals surface area contributed by atoms with Gasteiger partial charge in [0.05, 0.1) is 18.6 Å². The van der Waals surface area contributed by atoms with Crippen LogP contribution >= 0.6 is 0 Å². The highest BCUT2D eigenvalue weighted by molar-refractivity contribution is 7.89. The Morgan fingerprint density at radius 3 is 2.56 bits per heavy atom. The molecule has 0 N–H and O–H groups in total. The van der Waals surface area contributed by atoms with Crippen molar-refractivity contribution in [1.29, 1.82) is 0 Å². The molecule has 2 heterocycles. The van der Waals surface area contributed by atoms with E-state index in [0.29, 0.717) is 18.7 Å². The smallest absolute Gasteiger partial charge is 0.289 e. The summed E-state index contributed by atoms with van der Waals surface area (Å²) in [6.45, 7) is 0.338. The van der Waals surface area contributed by atoms with E-state index in [0.717, 1.165) is 0 Å². The van der Waals surface area contributed by atoms with Gasteiger partial charge >= 0.3 is 0 Å². The molecule has 10 nitrogen and oxygen atoms in total. The minimum absolute atomic E-state index is 0.0715. The minimum Gasteiger partial charge on any atom is -0.480 e. The topological polar surface area (TPSA) is 125 Å². The lowest BCUT2D eigenvalue weighted by Gasteiger charge is -2.31. The molecule has 1 saturated heterocycles. The van der Waals surface area contributed by atoms with Crippen LogP contribution in [-0.2, 0) is 10.0 Å². The molecule has 1 aromatic heterocycles. The van der Waals surface area contributed by atoms with Crippen molar-refractivity contribution in [3.63, 3.8) is 0 Å². The van der Waals surface area contributed by atoms with Crippen LogP contribution in [-0.4, -0.2) is 54.1 Å². The number of rotatable bonds is 6. The average Bonchev–Trinajstić information content (AvgIpc) is 2.69. The van der Waals surface area contributed by atoms with Gasteiger partial charge in [0.25, 0.3) is 5.69 Å². The maximum Gasteiger partial charge on any atom is 0.289 e. The molecule has 144 valence electrons. The summed E-state index contributed by atoms with van der Waals surface area (Å²) in [6, 6.07) is 8.49. The summed E-state index contributed by atoms with van der Waals surface area (Å²) in [7, 11) is -2.55. The van der Waals surface area contributed by atoms with Crippen molar-refractivity contribution in [3.05, 3.63) is 46.5 Å². The Kier molecular flexibility index (Phi) is 5.51. The number of aromatic nitrogens is 2. The highest BCUT2D eigenvalue weighted by atomic mass is 32.2. The van der Waals surface area contributed by atoms with Gasteiger partial charge < -0.3 is 9.47 Å². The van der Waals surface area contributed by atoms with Gasteiger partial charge in [-0.1, -0.05) is 12.1 Å². The predicted molar refractivity (Wildman–Crippen MR) is 94.1 cm³/mol. The molecule has 0 bridgehead atoms. The Morgan fingerprint density at radius 1 is 1.19 bits per heavy atom. The molecule has 27 heavy (non-hydrogen) atoms. The molecule has 11 heteroatoms. The lowest BCUT2D eigenvalue weighted by atomic mass is 10.1. The third-order valence-electron chi connectivity index (χ3n) is 4.13. The predicted octanol–water partition coefficient (Wildman–Crippen LogP) is 1.63. The molecule has 3 rings (SSSR count). The number of methoxy groups -OCH3 is 1. The van der Waals surface area contributed by atoms with Gasteiger partial charge in [-0.3, -0.25) is 10.1 Å². The lowest BCUT2D eigenvalue weighted by molar-refractivity contribution is -0.387. The van der Waals surface area contributed by atoms with Gasteiger partial charge in [-0.15, -0.1) is 10.2 Å². The van der Waals surface area contributed by atoms with Crippen molar-refractivity contribution in [2.24, 2.45) is 0 Å². The van der Waals surface area contributed by atoms with E-state index < -0.39 is 26.7 Å². The zero-order chi connectivity index (χ0) is 19.4. The summed E-state index contributed by atoms with van der Waals surface area (Å²) in [6.07, 6.45) is 0.768. The SMILES string of the molecule is COc1ccc(OC2CCCN(S(=O)(=O)c3ccccc3[N+](=O)[O-])C2)nn1. The van der Waals surface area contributed by atoms with Gasteiger partial charge in [0, 0.05) is 24.7 Å². The standard InChI is InChI=1S/C16H18N4O6S/c1-25-15-8-9-16(18-17-15)26-12-5-4-10-19(11-12)27(23,24)14-7-3-2-6-13(14)20(21)22/h2-3,6-9,12H,4-5,10-11H2,1H3. The van der Waals surface area contributed by atoms with E-state index in [9.17, 15) is 18.5 Å². The summed E-state index contributed by atoms with van der Waals surface area (Å²) in [5.74, 6) is 0.595. The summed E-state index contributed by atoms with van der Waals surface area (Å²) >= 11 is 0. The normalized spacial score (nSPS) is 18.0.